The number of ether oxygens (including phenoxy) is 1. The molecule has 5 aliphatic carbocycles. The van der Waals surface area contributed by atoms with Gasteiger partial charge in [-0.2, -0.15) is 81.2 Å². The molecule has 0 aliphatic heterocycles. The van der Waals surface area contributed by atoms with Gasteiger partial charge < -0.3 is 30.3 Å². The largest absolute Gasteiger partial charge is 0.491 e. The molecular weight excluding hydrogens is 1770 g/mol. The second-order valence-corrected chi connectivity index (χ2v) is 33.2. The molecule has 5 heterocycles. The van der Waals surface area contributed by atoms with E-state index in [9.17, 15) is 91.4 Å². The molecule has 0 fully saturated rings. The van der Waals surface area contributed by atoms with E-state index >= 15 is 0 Å². The van der Waals surface area contributed by atoms with Crippen LogP contribution in [0.25, 0.3) is 100 Å². The Labute approximate surface area is 774 Å². The Hall–Kier alpha value is -12.6. The molecule has 0 saturated carbocycles. The van der Waals surface area contributed by atoms with Crippen LogP contribution in [0.3, 0.4) is 0 Å². The molecule has 5 aromatic heterocycles. The summed E-state index contributed by atoms with van der Waals surface area (Å²) in [5.41, 5.74) is 0.190. The molecule has 135 heavy (non-hydrogen) atoms. The SMILES string of the molecule is CC.CC.CC.CCCOc1c(C)nc2c(c1C)C(O)(C(F)(F)F)c1ccccc1-2.Cc1c(C)c(-c2cnn(C)c2)c2c(c1C)C(O)(C(F)(F)F)c1ccccc1-2.Cc1cc2c(c(-c3cncnc3)c1C)-c1ccccc1C2(O)C(F)(F)F.Cc1cc2c(c(-c3cnn(C)c3)c1C)-c1ccccc1C2(O)C(F)(F)F.Cc1cc2c(c(-c3cnn(C)c3)c1C)-c1ccccc1C2(O)C(F)(F)F.[3HH]. The lowest BCUT2D eigenvalue weighted by Gasteiger charge is -2.31. The zero-order valence-corrected chi connectivity index (χ0v) is 78.2. The summed E-state index contributed by atoms with van der Waals surface area (Å²) >= 11 is 0. The molecule has 0 bridgehead atoms. The highest BCUT2D eigenvalue weighted by Crippen LogP contribution is 2.65. The molecule has 9 aromatic carbocycles. The Morgan fingerprint density at radius 2 is 0.600 bits per heavy atom. The number of alkyl halides is 15. The van der Waals surface area contributed by atoms with Gasteiger partial charge in [-0.3, -0.25) is 14.0 Å². The van der Waals surface area contributed by atoms with Crippen molar-refractivity contribution in [3.05, 3.63) is 312 Å². The molecule has 5 N–H and O–H groups in total. The number of hydrogen-bond acceptors (Lipinski definition) is 12. The molecule has 0 saturated heterocycles. The molecule has 5 atom stereocenters. The Bertz CT molecular complexity index is 6690. The first-order valence-electron chi connectivity index (χ1n) is 43.8. The van der Waals surface area contributed by atoms with E-state index < -0.39 is 58.9 Å². The number of benzene rings is 9. The molecule has 14 aromatic rings. The van der Waals surface area contributed by atoms with Crippen molar-refractivity contribution >= 4 is 0 Å². The zero-order chi connectivity index (χ0) is 99.8. The third kappa shape index (κ3) is 16.2. The standard InChI is InChI=1S/C21H19F3N2O.2C20H17F3N2O.C20H15F3N2O.C18H18F3NO2.3C2H6.H2/c1-11-12(2)17(14-9-25-26(4)10-14)18-15-7-5-6-8-16(15)20(27,21(22,23)24)19(18)13(11)3;2*1-11-8-16-18(17(12(11)2)13-9-24-25(3)10-13)14-6-4-5-7-15(14)19(16,26)20(21,22)23;1-11-7-16-18(17(12(11)2)13-8-24-10-25-9-13)14-5-3-4-6-15(14)19(16,26)20(21,22)23;1-4-9-24-16-10(2)14-15(22-11(16)3)12-7-5-6-8-13(12)17(14,23)18(19,20)21;3*1-2;/h5-10,27H,1-4H3;2*4-10,26H,1-3H3;3-10,26H,1-2H3;5-8,23H,4,9H2,1-3H3;3*1-2H3;1H/i;;;;;;;;1+2. The normalized spacial score (nSPS) is 18.0. The maximum absolute atomic E-state index is 14.2. The van der Waals surface area contributed by atoms with E-state index in [1.165, 1.54) is 85.2 Å². The summed E-state index contributed by atoms with van der Waals surface area (Å²) in [7, 11) is 5.28. The van der Waals surface area contributed by atoms with Crippen LogP contribution in [0.4, 0.5) is 65.9 Å². The summed E-state index contributed by atoms with van der Waals surface area (Å²) in [6.45, 7) is 33.7. The molecule has 0 spiro atoms. The van der Waals surface area contributed by atoms with Gasteiger partial charge in [0.05, 0.1) is 36.6 Å². The molecule has 15 nitrogen and oxygen atoms in total. The van der Waals surface area contributed by atoms with Gasteiger partial charge in [0.2, 0.25) is 28.0 Å². The lowest BCUT2D eigenvalue weighted by Crippen LogP contribution is -2.42. The van der Waals surface area contributed by atoms with Gasteiger partial charge in [0.1, 0.15) is 12.1 Å². The Morgan fingerprint density at radius 1 is 0.319 bits per heavy atom. The quantitative estimate of drug-likeness (QED) is 0.0947. The van der Waals surface area contributed by atoms with Gasteiger partial charge in [-0.05, 0) is 199 Å². The monoisotopic (exact) mass is 1880 g/mol. The summed E-state index contributed by atoms with van der Waals surface area (Å²) in [5.74, 6) is 0.311. The minimum Gasteiger partial charge on any atom is -0.491 e. The first kappa shape index (κ1) is 101. The predicted octanol–water partition coefficient (Wildman–Crippen LogP) is 25.9. The van der Waals surface area contributed by atoms with Gasteiger partial charge in [-0.15, -0.1) is 0 Å². The molecule has 712 valence electrons. The van der Waals surface area contributed by atoms with Crippen molar-refractivity contribution in [2.24, 2.45) is 21.1 Å². The Balaban J connectivity index is 0.000000161. The van der Waals surface area contributed by atoms with Crippen molar-refractivity contribution in [1.82, 2.24) is 44.3 Å². The number of aryl methyl sites for hydroxylation is 7. The van der Waals surface area contributed by atoms with Gasteiger partial charge in [-0.1, -0.05) is 188 Å². The van der Waals surface area contributed by atoms with E-state index in [-0.39, 0.29) is 68.3 Å². The van der Waals surface area contributed by atoms with Crippen LogP contribution in [-0.4, -0.2) is 107 Å². The minimum atomic E-state index is -4.86. The van der Waals surface area contributed by atoms with E-state index in [2.05, 4.69) is 30.2 Å². The highest BCUT2D eigenvalue weighted by Gasteiger charge is 2.67. The Kier molecular flexibility index (Phi) is 28.0. The summed E-state index contributed by atoms with van der Waals surface area (Å²) in [6.07, 6.45) is -8.73. The summed E-state index contributed by atoms with van der Waals surface area (Å²) in [6, 6.07) is 35.0. The number of hydrogen-bond donors (Lipinski definition) is 5. The minimum absolute atomic E-state index is 0. The van der Waals surface area contributed by atoms with Crippen LogP contribution < -0.4 is 4.74 Å². The van der Waals surface area contributed by atoms with Crippen LogP contribution in [0.15, 0.2) is 195 Å². The van der Waals surface area contributed by atoms with Crippen LogP contribution in [0, 0.1) is 76.2 Å². The molecule has 19 rings (SSSR count). The molecule has 0 radical (unpaired) electrons. The third-order valence-corrected chi connectivity index (χ3v) is 25.6. The van der Waals surface area contributed by atoms with Crippen molar-refractivity contribution in [2.45, 2.75) is 190 Å². The lowest BCUT2D eigenvalue weighted by molar-refractivity contribution is -0.247. The smallest absolute Gasteiger partial charge is 0.425 e. The average Bonchev–Trinajstić information content (AvgIpc) is 1.53. The fourth-order valence-electron chi connectivity index (χ4n) is 19.0. The molecule has 30 heteroatoms. The Morgan fingerprint density at radius 3 is 0.911 bits per heavy atom. The van der Waals surface area contributed by atoms with E-state index in [0.29, 0.717) is 118 Å². The van der Waals surface area contributed by atoms with Crippen LogP contribution in [0.5, 0.6) is 5.75 Å². The second-order valence-electron chi connectivity index (χ2n) is 33.2. The number of aliphatic hydroxyl groups is 5. The number of fused-ring (bicyclic) bond motifs is 15. The number of pyridine rings is 1. The topological polar surface area (TPSA) is 203 Å². The molecule has 5 unspecified atom stereocenters. The summed E-state index contributed by atoms with van der Waals surface area (Å²) < 4.78 is 221. The maximum Gasteiger partial charge on any atom is 0.425 e. The number of aromatic nitrogens is 9. The second kappa shape index (κ2) is 37.2. The lowest BCUT2D eigenvalue weighted by atomic mass is 9.82. The zero-order valence-electron chi connectivity index (χ0n) is 78.2. The van der Waals surface area contributed by atoms with Crippen molar-refractivity contribution in [3.63, 3.8) is 0 Å². The number of rotatable bonds is 7. The number of halogens is 15. The summed E-state index contributed by atoms with van der Waals surface area (Å²) in [5, 5.41) is 66.9. The van der Waals surface area contributed by atoms with Crippen molar-refractivity contribution in [3.8, 4) is 106 Å². The fourth-order valence-corrected chi connectivity index (χ4v) is 19.0. The molecular formula is C105H106F15N9O6. The van der Waals surface area contributed by atoms with Crippen molar-refractivity contribution in [1.29, 1.82) is 0 Å². The first-order chi connectivity index (χ1) is 63.4. The van der Waals surface area contributed by atoms with Gasteiger partial charge in [0.15, 0.2) is 0 Å². The molecule has 0 amide bonds. The van der Waals surface area contributed by atoms with Crippen LogP contribution in [-0.2, 0) is 49.1 Å². The van der Waals surface area contributed by atoms with Crippen molar-refractivity contribution in [2.75, 3.05) is 6.61 Å². The highest BCUT2D eigenvalue weighted by atomic mass is 19.4. The van der Waals surface area contributed by atoms with E-state index in [1.54, 1.807) is 194 Å². The van der Waals surface area contributed by atoms with E-state index in [0.717, 1.165) is 50.9 Å². The molecule has 5 aliphatic rings. The van der Waals surface area contributed by atoms with Gasteiger partial charge in [0, 0.05) is 143 Å². The first-order valence-corrected chi connectivity index (χ1v) is 43.8. The van der Waals surface area contributed by atoms with Gasteiger partial charge in [0.25, 0.3) is 0 Å². The van der Waals surface area contributed by atoms with Crippen molar-refractivity contribution < 1.29 is 97.6 Å². The number of nitrogens with zero attached hydrogens (tertiary/aromatic N) is 9. The maximum atomic E-state index is 14.2. The van der Waals surface area contributed by atoms with Crippen LogP contribution in [0.2, 0.25) is 0 Å². The third-order valence-electron chi connectivity index (χ3n) is 25.6. The van der Waals surface area contributed by atoms with E-state index in [4.69, 9.17) is 4.74 Å². The summed E-state index contributed by atoms with van der Waals surface area (Å²) in [4.78, 5) is 12.3. The average molecular weight is 1880 g/mol. The van der Waals surface area contributed by atoms with Gasteiger partial charge >= 0.3 is 30.9 Å². The highest BCUT2D eigenvalue weighted by molar-refractivity contribution is 5.99. The van der Waals surface area contributed by atoms with Crippen LogP contribution in [0.1, 0.15) is 173 Å². The van der Waals surface area contributed by atoms with Crippen LogP contribution >= 0.6 is 0 Å². The fraction of sp³-hybridized carbons (Fsp3) is 0.314. The van der Waals surface area contributed by atoms with Gasteiger partial charge in [-0.25, -0.2) is 15.0 Å². The van der Waals surface area contributed by atoms with E-state index in [1.807, 2.05) is 76.2 Å². The predicted molar refractivity (Wildman–Crippen MR) is 494 cm³/mol.